The van der Waals surface area contributed by atoms with Crippen LogP contribution in [0.5, 0.6) is 0 Å². The Morgan fingerprint density at radius 3 is 2.17 bits per heavy atom. The van der Waals surface area contributed by atoms with Gasteiger partial charge in [-0.3, -0.25) is 15.4 Å². The fraction of sp³-hybridized carbons (Fsp3) is 0.263. The first-order valence-electron chi connectivity index (χ1n) is 8.01. The molecule has 126 valence electrons. The summed E-state index contributed by atoms with van der Waals surface area (Å²) in [6, 6.07) is 18.8. The van der Waals surface area contributed by atoms with Gasteiger partial charge in [-0.05, 0) is 30.9 Å². The summed E-state index contributed by atoms with van der Waals surface area (Å²) in [5.74, 6) is -0.428. The molecule has 0 radical (unpaired) electrons. The third-order valence-electron chi connectivity index (χ3n) is 3.86. The van der Waals surface area contributed by atoms with E-state index in [0.717, 1.165) is 18.4 Å². The molecule has 0 heterocycles. The van der Waals surface area contributed by atoms with Gasteiger partial charge in [0.1, 0.15) is 0 Å². The van der Waals surface area contributed by atoms with Crippen molar-refractivity contribution in [3.8, 4) is 0 Å². The Morgan fingerprint density at radius 2 is 1.58 bits per heavy atom. The Labute approximate surface area is 142 Å². The van der Waals surface area contributed by atoms with Crippen LogP contribution in [-0.2, 0) is 11.2 Å². The summed E-state index contributed by atoms with van der Waals surface area (Å²) in [6.07, 6.45) is 1.72. The monoisotopic (exact) mass is 325 g/mol. The van der Waals surface area contributed by atoms with Crippen LogP contribution in [0.15, 0.2) is 60.7 Å². The minimum atomic E-state index is -0.839. The van der Waals surface area contributed by atoms with Gasteiger partial charge in [0.2, 0.25) is 5.91 Å². The Balaban J connectivity index is 2.05. The molecule has 0 fully saturated rings. The average Bonchev–Trinajstić information content (AvgIpc) is 2.59. The Kier molecular flexibility index (Phi) is 6.51. The molecule has 0 aromatic heterocycles. The number of carbonyl (C=O) groups excluding carboxylic acids is 2. The van der Waals surface area contributed by atoms with Crippen molar-refractivity contribution in [2.45, 2.75) is 31.8 Å². The zero-order valence-corrected chi connectivity index (χ0v) is 13.7. The molecule has 5 heteroatoms. The normalized spacial score (nSPS) is 13.0. The molecule has 5 nitrogen and oxygen atoms in total. The zero-order valence-electron chi connectivity index (χ0n) is 13.7. The van der Waals surface area contributed by atoms with Crippen molar-refractivity contribution in [1.29, 1.82) is 0 Å². The van der Waals surface area contributed by atoms with E-state index in [-0.39, 0.29) is 6.04 Å². The third-order valence-corrected chi connectivity index (χ3v) is 3.86. The molecule has 2 atom stereocenters. The predicted molar refractivity (Wildman–Crippen MR) is 94.3 cm³/mol. The van der Waals surface area contributed by atoms with Crippen LogP contribution in [0.25, 0.3) is 0 Å². The van der Waals surface area contributed by atoms with Gasteiger partial charge >= 0.3 is 6.03 Å². The fourth-order valence-electron chi connectivity index (χ4n) is 2.59. The lowest BCUT2D eigenvalue weighted by atomic mass is 9.98. The standard InChI is InChI=1S/C19H23N3O2/c1-14(18(23)22-19(20)24)21-17(16-10-6-3-7-11-16)13-12-15-8-4-2-5-9-15/h2-11,14,17,21H,12-13H2,1H3,(H3,20,22,23,24)/t14-,17+/m0/s1. The van der Waals surface area contributed by atoms with Gasteiger partial charge in [-0.1, -0.05) is 60.7 Å². The maximum Gasteiger partial charge on any atom is 0.318 e. The Morgan fingerprint density at radius 1 is 1.00 bits per heavy atom. The van der Waals surface area contributed by atoms with E-state index in [2.05, 4.69) is 22.8 Å². The van der Waals surface area contributed by atoms with Gasteiger partial charge in [-0.15, -0.1) is 0 Å². The van der Waals surface area contributed by atoms with Crippen molar-refractivity contribution in [2.75, 3.05) is 0 Å². The van der Waals surface area contributed by atoms with Crippen molar-refractivity contribution < 1.29 is 9.59 Å². The number of nitrogens with one attached hydrogen (secondary N) is 2. The van der Waals surface area contributed by atoms with Gasteiger partial charge < -0.3 is 5.73 Å². The van der Waals surface area contributed by atoms with Crippen LogP contribution in [0, 0.1) is 0 Å². The highest BCUT2D eigenvalue weighted by Crippen LogP contribution is 2.20. The number of primary amides is 1. The van der Waals surface area contributed by atoms with E-state index in [0.29, 0.717) is 0 Å². The number of amides is 3. The maximum absolute atomic E-state index is 11.9. The molecule has 0 spiro atoms. The van der Waals surface area contributed by atoms with E-state index in [1.165, 1.54) is 5.56 Å². The molecule has 4 N–H and O–H groups in total. The molecule has 0 bridgehead atoms. The molecule has 0 saturated carbocycles. The molecule has 2 rings (SSSR count). The van der Waals surface area contributed by atoms with Crippen LogP contribution in [0.3, 0.4) is 0 Å². The predicted octanol–water partition coefficient (Wildman–Crippen LogP) is 2.53. The smallest absolute Gasteiger partial charge is 0.318 e. The van der Waals surface area contributed by atoms with Crippen LogP contribution in [0.4, 0.5) is 4.79 Å². The second-order valence-corrected chi connectivity index (χ2v) is 5.73. The highest BCUT2D eigenvalue weighted by atomic mass is 16.2. The molecule has 2 aromatic carbocycles. The van der Waals surface area contributed by atoms with E-state index in [9.17, 15) is 9.59 Å². The largest absolute Gasteiger partial charge is 0.351 e. The van der Waals surface area contributed by atoms with E-state index < -0.39 is 18.0 Å². The molecule has 0 aliphatic carbocycles. The fourth-order valence-corrected chi connectivity index (χ4v) is 2.59. The van der Waals surface area contributed by atoms with Gasteiger partial charge in [0, 0.05) is 6.04 Å². The van der Waals surface area contributed by atoms with Gasteiger partial charge in [-0.2, -0.15) is 0 Å². The summed E-state index contributed by atoms with van der Waals surface area (Å²) in [6.45, 7) is 1.72. The number of rotatable bonds is 7. The van der Waals surface area contributed by atoms with Crippen LogP contribution in [0.1, 0.15) is 30.5 Å². The van der Waals surface area contributed by atoms with E-state index in [1.807, 2.05) is 48.5 Å². The quantitative estimate of drug-likeness (QED) is 0.731. The molecule has 0 saturated heterocycles. The first kappa shape index (κ1) is 17.7. The zero-order chi connectivity index (χ0) is 17.4. The molecule has 0 aliphatic rings. The Hall–Kier alpha value is -2.66. The summed E-state index contributed by atoms with van der Waals surface area (Å²) in [7, 11) is 0. The molecular weight excluding hydrogens is 302 g/mol. The summed E-state index contributed by atoms with van der Waals surface area (Å²) >= 11 is 0. The number of aryl methyl sites for hydroxylation is 1. The van der Waals surface area contributed by atoms with Crippen molar-refractivity contribution in [2.24, 2.45) is 5.73 Å². The van der Waals surface area contributed by atoms with Crippen LogP contribution >= 0.6 is 0 Å². The van der Waals surface area contributed by atoms with Crippen LogP contribution < -0.4 is 16.4 Å². The number of hydrogen-bond acceptors (Lipinski definition) is 3. The van der Waals surface area contributed by atoms with Gasteiger partial charge in [0.25, 0.3) is 0 Å². The van der Waals surface area contributed by atoms with Crippen molar-refractivity contribution in [1.82, 2.24) is 10.6 Å². The second-order valence-electron chi connectivity index (χ2n) is 5.73. The topological polar surface area (TPSA) is 84.2 Å². The minimum Gasteiger partial charge on any atom is -0.351 e. The number of hydrogen-bond donors (Lipinski definition) is 3. The van der Waals surface area contributed by atoms with Gasteiger partial charge in [0.15, 0.2) is 0 Å². The first-order valence-corrected chi connectivity index (χ1v) is 8.01. The van der Waals surface area contributed by atoms with Crippen molar-refractivity contribution >= 4 is 11.9 Å². The van der Waals surface area contributed by atoms with Gasteiger partial charge in [0.05, 0.1) is 6.04 Å². The average molecular weight is 325 g/mol. The number of benzene rings is 2. The lowest BCUT2D eigenvalue weighted by Gasteiger charge is -2.23. The maximum atomic E-state index is 11.9. The number of urea groups is 1. The highest BCUT2D eigenvalue weighted by Gasteiger charge is 2.20. The van der Waals surface area contributed by atoms with E-state index in [1.54, 1.807) is 6.92 Å². The van der Waals surface area contributed by atoms with E-state index >= 15 is 0 Å². The molecule has 24 heavy (non-hydrogen) atoms. The summed E-state index contributed by atoms with van der Waals surface area (Å²) in [5.41, 5.74) is 7.36. The third kappa shape index (κ3) is 5.52. The van der Waals surface area contributed by atoms with Crippen LogP contribution in [0.2, 0.25) is 0 Å². The van der Waals surface area contributed by atoms with Gasteiger partial charge in [-0.25, -0.2) is 4.79 Å². The Bertz CT molecular complexity index is 659. The lowest BCUT2D eigenvalue weighted by Crippen LogP contribution is -2.47. The molecule has 0 unspecified atom stereocenters. The van der Waals surface area contributed by atoms with E-state index in [4.69, 9.17) is 5.73 Å². The second kappa shape index (κ2) is 8.84. The summed E-state index contributed by atoms with van der Waals surface area (Å²) in [4.78, 5) is 22.8. The number of imide groups is 1. The molecular formula is C19H23N3O2. The first-order chi connectivity index (χ1) is 11.6. The SMILES string of the molecule is C[C@H](N[C@H](CCc1ccccc1)c1ccccc1)C(=O)NC(N)=O. The number of carbonyl (C=O) groups is 2. The van der Waals surface area contributed by atoms with Crippen molar-refractivity contribution in [3.63, 3.8) is 0 Å². The van der Waals surface area contributed by atoms with Crippen molar-refractivity contribution in [3.05, 3.63) is 71.8 Å². The number of nitrogens with two attached hydrogens (primary N) is 1. The summed E-state index contributed by atoms with van der Waals surface area (Å²) in [5, 5.41) is 5.40. The molecule has 0 aliphatic heterocycles. The summed E-state index contributed by atoms with van der Waals surface area (Å²) < 4.78 is 0. The highest BCUT2D eigenvalue weighted by molar-refractivity contribution is 5.96. The molecule has 3 amide bonds. The minimum absolute atomic E-state index is 0.0000302. The van der Waals surface area contributed by atoms with Crippen LogP contribution in [-0.4, -0.2) is 18.0 Å². The lowest BCUT2D eigenvalue weighted by molar-refractivity contribution is -0.121. The molecule has 2 aromatic rings.